The van der Waals surface area contributed by atoms with Gasteiger partial charge in [-0.05, 0) is 37.0 Å². The molecule has 5 heteroatoms. The Morgan fingerprint density at radius 1 is 1.50 bits per heavy atom. The number of phenols is 1. The van der Waals surface area contributed by atoms with Gasteiger partial charge in [0.05, 0.1) is 7.11 Å². The van der Waals surface area contributed by atoms with Crippen molar-refractivity contribution in [3.63, 3.8) is 0 Å². The Bertz CT molecular complexity index is 498. The summed E-state index contributed by atoms with van der Waals surface area (Å²) in [7, 11) is 3.27. The van der Waals surface area contributed by atoms with Gasteiger partial charge in [0.15, 0.2) is 11.5 Å². The van der Waals surface area contributed by atoms with Crippen molar-refractivity contribution in [2.75, 3.05) is 14.2 Å². The molecule has 0 aliphatic heterocycles. The average Bonchev–Trinajstić information content (AvgIpc) is 2.39. The lowest BCUT2D eigenvalue weighted by Gasteiger charge is -2.38. The van der Waals surface area contributed by atoms with E-state index in [0.717, 1.165) is 24.8 Å². The van der Waals surface area contributed by atoms with Gasteiger partial charge in [0.25, 0.3) is 0 Å². The number of rotatable bonds is 5. The van der Waals surface area contributed by atoms with Crippen LogP contribution in [-0.4, -0.2) is 35.6 Å². The normalized spacial score (nSPS) is 16.4. The molecule has 2 rings (SSSR count). The van der Waals surface area contributed by atoms with E-state index in [1.54, 1.807) is 30.1 Å². The minimum absolute atomic E-state index is 0.0549. The van der Waals surface area contributed by atoms with Gasteiger partial charge in [-0.3, -0.25) is 4.79 Å². The summed E-state index contributed by atoms with van der Waals surface area (Å²) in [6, 6.07) is 5.09. The number of carbonyl (C=O) groups excluding carboxylic acids is 1. The van der Waals surface area contributed by atoms with Crippen molar-refractivity contribution in [3.05, 3.63) is 23.8 Å². The van der Waals surface area contributed by atoms with Crippen molar-refractivity contribution in [2.24, 2.45) is 5.73 Å². The summed E-state index contributed by atoms with van der Waals surface area (Å²) in [4.78, 5) is 13.8. The second-order valence-corrected chi connectivity index (χ2v) is 5.65. The average molecular weight is 278 g/mol. The van der Waals surface area contributed by atoms with Gasteiger partial charge in [0, 0.05) is 25.6 Å². The molecule has 0 bridgehead atoms. The molecule has 20 heavy (non-hydrogen) atoms. The third-order valence-corrected chi connectivity index (χ3v) is 3.94. The summed E-state index contributed by atoms with van der Waals surface area (Å²) in [5.74, 6) is 0.567. The van der Waals surface area contributed by atoms with Crippen LogP contribution in [0, 0.1) is 0 Å². The second-order valence-electron chi connectivity index (χ2n) is 5.65. The third kappa shape index (κ3) is 3.22. The van der Waals surface area contributed by atoms with Crippen LogP contribution in [0.25, 0.3) is 0 Å². The largest absolute Gasteiger partial charge is 0.504 e. The number of hydrogen-bond donors (Lipinski definition) is 2. The topological polar surface area (TPSA) is 75.8 Å². The number of nitrogens with zero attached hydrogens (tertiary/aromatic N) is 1. The third-order valence-electron chi connectivity index (χ3n) is 3.94. The van der Waals surface area contributed by atoms with Crippen LogP contribution in [-0.2, 0) is 11.3 Å². The molecular formula is C15H22N2O3. The fourth-order valence-electron chi connectivity index (χ4n) is 2.43. The highest BCUT2D eigenvalue weighted by atomic mass is 16.5. The van der Waals surface area contributed by atoms with Crippen molar-refractivity contribution in [1.82, 2.24) is 4.90 Å². The number of nitrogens with two attached hydrogens (primary N) is 1. The van der Waals surface area contributed by atoms with E-state index >= 15 is 0 Å². The van der Waals surface area contributed by atoms with E-state index in [0.29, 0.717) is 18.7 Å². The molecule has 3 N–H and O–H groups in total. The predicted octanol–water partition coefficient (Wildman–Crippen LogP) is 1.63. The van der Waals surface area contributed by atoms with Crippen LogP contribution in [0.15, 0.2) is 18.2 Å². The quantitative estimate of drug-likeness (QED) is 0.858. The van der Waals surface area contributed by atoms with E-state index in [1.165, 1.54) is 7.11 Å². The molecule has 1 aromatic carbocycles. The van der Waals surface area contributed by atoms with Crippen LogP contribution in [0.4, 0.5) is 0 Å². The first-order valence-corrected chi connectivity index (χ1v) is 6.82. The first-order valence-electron chi connectivity index (χ1n) is 6.82. The fraction of sp³-hybridized carbons (Fsp3) is 0.533. The Morgan fingerprint density at radius 2 is 2.20 bits per heavy atom. The number of methoxy groups -OCH3 is 1. The molecule has 1 aliphatic carbocycles. The number of ether oxygens (including phenoxy) is 1. The highest BCUT2D eigenvalue weighted by molar-refractivity contribution is 5.77. The summed E-state index contributed by atoms with van der Waals surface area (Å²) < 4.78 is 5.06. The molecule has 1 aliphatic rings. The van der Waals surface area contributed by atoms with Gasteiger partial charge in [-0.25, -0.2) is 0 Å². The van der Waals surface area contributed by atoms with E-state index in [9.17, 15) is 9.90 Å². The number of benzene rings is 1. The molecule has 110 valence electrons. The Labute approximate surface area is 119 Å². The van der Waals surface area contributed by atoms with Crippen molar-refractivity contribution in [3.8, 4) is 11.5 Å². The standard InChI is InChI=1S/C15H22N2O3/c1-17(14(19)9-15(16)6-3-7-15)10-11-4-5-12(18)13(8-11)20-2/h4-5,8,18H,3,6-7,9-10,16H2,1-2H3. The second kappa shape index (κ2) is 5.71. The monoisotopic (exact) mass is 278 g/mol. The number of phenolic OH excluding ortho intramolecular Hbond substituents is 1. The summed E-state index contributed by atoms with van der Waals surface area (Å²) >= 11 is 0. The first-order chi connectivity index (χ1) is 9.43. The molecule has 0 heterocycles. The molecule has 1 fully saturated rings. The van der Waals surface area contributed by atoms with Crippen molar-refractivity contribution >= 4 is 5.91 Å². The molecule has 0 radical (unpaired) electrons. The Balaban J connectivity index is 1.96. The molecule has 0 spiro atoms. The van der Waals surface area contributed by atoms with Gasteiger partial charge in [0.2, 0.25) is 5.91 Å². The summed E-state index contributed by atoms with van der Waals surface area (Å²) in [5.41, 5.74) is 6.72. The lowest BCUT2D eigenvalue weighted by Crippen LogP contribution is -2.50. The summed E-state index contributed by atoms with van der Waals surface area (Å²) in [5, 5.41) is 9.55. The zero-order valence-electron chi connectivity index (χ0n) is 12.1. The summed E-state index contributed by atoms with van der Waals surface area (Å²) in [6.45, 7) is 0.478. The molecule has 0 aromatic heterocycles. The molecule has 5 nitrogen and oxygen atoms in total. The van der Waals surface area contributed by atoms with Gasteiger partial charge in [0.1, 0.15) is 0 Å². The Kier molecular flexibility index (Phi) is 4.18. The first kappa shape index (κ1) is 14.7. The van der Waals surface area contributed by atoms with Crippen LogP contribution < -0.4 is 10.5 Å². The minimum atomic E-state index is -0.294. The van der Waals surface area contributed by atoms with Gasteiger partial charge in [-0.2, -0.15) is 0 Å². The Morgan fingerprint density at radius 3 is 2.75 bits per heavy atom. The molecule has 1 amide bonds. The molecule has 0 atom stereocenters. The highest BCUT2D eigenvalue weighted by Gasteiger charge is 2.35. The SMILES string of the molecule is COc1cc(CN(C)C(=O)CC2(N)CCC2)ccc1O. The van der Waals surface area contributed by atoms with Crippen molar-refractivity contribution in [2.45, 2.75) is 37.8 Å². The summed E-state index contributed by atoms with van der Waals surface area (Å²) in [6.07, 6.45) is 3.38. The number of amides is 1. The lowest BCUT2D eigenvalue weighted by molar-refractivity contribution is -0.132. The molecule has 0 saturated heterocycles. The minimum Gasteiger partial charge on any atom is -0.504 e. The molecular weight excluding hydrogens is 256 g/mol. The molecule has 1 aromatic rings. The van der Waals surface area contributed by atoms with E-state index < -0.39 is 0 Å². The van der Waals surface area contributed by atoms with Crippen LogP contribution in [0.2, 0.25) is 0 Å². The van der Waals surface area contributed by atoms with E-state index in [-0.39, 0.29) is 17.2 Å². The number of carbonyl (C=O) groups is 1. The van der Waals surface area contributed by atoms with E-state index in [4.69, 9.17) is 10.5 Å². The van der Waals surface area contributed by atoms with E-state index in [1.807, 2.05) is 0 Å². The number of hydrogen-bond acceptors (Lipinski definition) is 4. The number of aromatic hydroxyl groups is 1. The maximum Gasteiger partial charge on any atom is 0.224 e. The van der Waals surface area contributed by atoms with Crippen molar-refractivity contribution in [1.29, 1.82) is 0 Å². The van der Waals surface area contributed by atoms with Gasteiger partial charge in [-0.1, -0.05) is 6.07 Å². The zero-order chi connectivity index (χ0) is 14.8. The molecule has 1 saturated carbocycles. The van der Waals surface area contributed by atoms with Gasteiger partial charge in [-0.15, -0.1) is 0 Å². The highest BCUT2D eigenvalue weighted by Crippen LogP contribution is 2.33. The van der Waals surface area contributed by atoms with Gasteiger partial charge >= 0.3 is 0 Å². The van der Waals surface area contributed by atoms with Crippen LogP contribution in [0.5, 0.6) is 11.5 Å². The predicted molar refractivity (Wildman–Crippen MR) is 76.5 cm³/mol. The van der Waals surface area contributed by atoms with E-state index in [2.05, 4.69) is 0 Å². The zero-order valence-corrected chi connectivity index (χ0v) is 12.1. The maximum atomic E-state index is 12.1. The smallest absolute Gasteiger partial charge is 0.224 e. The molecule has 0 unspecified atom stereocenters. The fourth-order valence-corrected chi connectivity index (χ4v) is 2.43. The van der Waals surface area contributed by atoms with Gasteiger partial charge < -0.3 is 20.5 Å². The lowest BCUT2D eigenvalue weighted by atomic mass is 9.75. The Hall–Kier alpha value is -1.75. The maximum absolute atomic E-state index is 12.1. The van der Waals surface area contributed by atoms with Crippen LogP contribution in [0.3, 0.4) is 0 Å². The van der Waals surface area contributed by atoms with Crippen molar-refractivity contribution < 1.29 is 14.6 Å². The van der Waals surface area contributed by atoms with Crippen LogP contribution in [0.1, 0.15) is 31.2 Å². The van der Waals surface area contributed by atoms with Crippen LogP contribution >= 0.6 is 0 Å².